The number of hydrogen-bond donors (Lipinski definition) is 3. The summed E-state index contributed by atoms with van der Waals surface area (Å²) in [6, 6.07) is 0. The lowest BCUT2D eigenvalue weighted by Crippen LogP contribution is -2.24. The number of carbonyl (C=O) groups excluding carboxylic acids is 1. The highest BCUT2D eigenvalue weighted by Crippen LogP contribution is 2.28. The number of rotatable bonds is 3. The van der Waals surface area contributed by atoms with Crippen molar-refractivity contribution < 1.29 is 19.7 Å². The standard InChI is InChI=1S/C9H12IN3O4/c10-4-2-13(12-8(4)9(11)16)7-1-5(15)6(3-14)17-7/h2,5-7,14-15H,1,3H2,(H2,11,16)/t5-,6+,7+/m0/s1. The second kappa shape index (κ2) is 4.88. The zero-order chi connectivity index (χ0) is 12.6. The van der Waals surface area contributed by atoms with Gasteiger partial charge in [-0.3, -0.25) is 4.79 Å². The average molecular weight is 353 g/mol. The molecule has 0 aromatic carbocycles. The molecule has 1 aliphatic heterocycles. The quantitative estimate of drug-likeness (QED) is 0.618. The highest BCUT2D eigenvalue weighted by atomic mass is 127. The lowest BCUT2D eigenvalue weighted by Gasteiger charge is -2.11. The van der Waals surface area contributed by atoms with E-state index in [0.717, 1.165) is 0 Å². The van der Waals surface area contributed by atoms with Crippen molar-refractivity contribution in [3.05, 3.63) is 15.5 Å². The molecule has 3 atom stereocenters. The van der Waals surface area contributed by atoms with Gasteiger partial charge in [0.1, 0.15) is 6.10 Å². The fourth-order valence-electron chi connectivity index (χ4n) is 1.73. The van der Waals surface area contributed by atoms with Gasteiger partial charge >= 0.3 is 0 Å². The summed E-state index contributed by atoms with van der Waals surface area (Å²) in [6.45, 7) is -0.251. The summed E-state index contributed by atoms with van der Waals surface area (Å²) in [6.07, 6.45) is 0.116. The highest BCUT2D eigenvalue weighted by molar-refractivity contribution is 14.1. The maximum absolute atomic E-state index is 11.0. The Balaban J connectivity index is 2.19. The maximum atomic E-state index is 11.0. The van der Waals surface area contributed by atoms with Crippen LogP contribution < -0.4 is 5.73 Å². The molecule has 8 heteroatoms. The number of nitrogens with zero attached hydrogens (tertiary/aromatic N) is 2. The fourth-order valence-corrected chi connectivity index (χ4v) is 2.38. The van der Waals surface area contributed by atoms with Gasteiger partial charge in [0.25, 0.3) is 5.91 Å². The predicted molar refractivity (Wildman–Crippen MR) is 65.1 cm³/mol. The van der Waals surface area contributed by atoms with E-state index in [1.54, 1.807) is 6.20 Å². The van der Waals surface area contributed by atoms with E-state index in [2.05, 4.69) is 5.10 Å². The molecule has 7 nitrogen and oxygen atoms in total. The first-order valence-corrected chi connectivity index (χ1v) is 6.09. The molecular weight excluding hydrogens is 341 g/mol. The SMILES string of the molecule is NC(=O)c1nn([C@H]2C[C@H](O)[C@@H](CO)O2)cc1I. The van der Waals surface area contributed by atoms with E-state index in [4.69, 9.17) is 15.6 Å². The molecular formula is C9H12IN3O4. The molecule has 94 valence electrons. The van der Waals surface area contributed by atoms with E-state index in [1.807, 2.05) is 22.6 Å². The Morgan fingerprint density at radius 1 is 1.76 bits per heavy atom. The summed E-state index contributed by atoms with van der Waals surface area (Å²) in [4.78, 5) is 11.0. The monoisotopic (exact) mass is 353 g/mol. The maximum Gasteiger partial charge on any atom is 0.270 e. The first kappa shape index (κ1) is 12.7. The van der Waals surface area contributed by atoms with Crippen LogP contribution in [-0.4, -0.2) is 44.7 Å². The Labute approximate surface area is 111 Å². The Morgan fingerprint density at radius 2 is 2.47 bits per heavy atom. The Morgan fingerprint density at radius 3 is 2.94 bits per heavy atom. The first-order valence-electron chi connectivity index (χ1n) is 5.01. The number of aliphatic hydroxyl groups is 2. The van der Waals surface area contributed by atoms with Gasteiger partial charge in [0.2, 0.25) is 0 Å². The van der Waals surface area contributed by atoms with Gasteiger partial charge in [-0.1, -0.05) is 0 Å². The Kier molecular flexibility index (Phi) is 3.66. The largest absolute Gasteiger partial charge is 0.394 e. The van der Waals surface area contributed by atoms with Crippen molar-refractivity contribution in [2.75, 3.05) is 6.61 Å². The first-order chi connectivity index (χ1) is 8.02. The fraction of sp³-hybridized carbons (Fsp3) is 0.556. The third-order valence-corrected chi connectivity index (χ3v) is 3.39. The van der Waals surface area contributed by atoms with Gasteiger partial charge in [0.05, 0.1) is 16.3 Å². The smallest absolute Gasteiger partial charge is 0.270 e. The molecule has 0 aliphatic carbocycles. The summed E-state index contributed by atoms with van der Waals surface area (Å²) in [5.74, 6) is -0.606. The summed E-state index contributed by atoms with van der Waals surface area (Å²) >= 11 is 1.95. The minimum atomic E-state index is -0.733. The van der Waals surface area contributed by atoms with Crippen LogP contribution in [0.15, 0.2) is 6.20 Å². The molecule has 0 spiro atoms. The third kappa shape index (κ3) is 2.44. The number of amides is 1. The zero-order valence-electron chi connectivity index (χ0n) is 8.78. The Hall–Kier alpha value is -0.710. The molecule has 1 saturated heterocycles. The van der Waals surface area contributed by atoms with Gasteiger partial charge in [-0.2, -0.15) is 5.10 Å². The van der Waals surface area contributed by atoms with Crippen molar-refractivity contribution in [2.24, 2.45) is 5.73 Å². The molecule has 1 fully saturated rings. The van der Waals surface area contributed by atoms with Crippen LogP contribution in [0.2, 0.25) is 0 Å². The summed E-state index contributed by atoms with van der Waals surface area (Å²) in [5.41, 5.74) is 5.33. The molecule has 17 heavy (non-hydrogen) atoms. The minimum Gasteiger partial charge on any atom is -0.394 e. The van der Waals surface area contributed by atoms with Gasteiger partial charge < -0.3 is 20.7 Å². The van der Waals surface area contributed by atoms with Gasteiger partial charge in [0, 0.05) is 12.6 Å². The number of hydrogen-bond acceptors (Lipinski definition) is 5. The van der Waals surface area contributed by atoms with Crippen molar-refractivity contribution in [1.82, 2.24) is 9.78 Å². The second-order valence-corrected chi connectivity index (χ2v) is 4.95. The van der Waals surface area contributed by atoms with Crippen LogP contribution in [0.4, 0.5) is 0 Å². The Bertz CT molecular complexity index is 436. The number of carbonyl (C=O) groups is 1. The van der Waals surface area contributed by atoms with Crippen LogP contribution in [0.25, 0.3) is 0 Å². The zero-order valence-corrected chi connectivity index (χ0v) is 10.9. The van der Waals surface area contributed by atoms with Crippen LogP contribution in [0.3, 0.4) is 0 Å². The minimum absolute atomic E-state index is 0.177. The molecule has 2 heterocycles. The van der Waals surface area contributed by atoms with E-state index in [9.17, 15) is 9.90 Å². The van der Waals surface area contributed by atoms with E-state index >= 15 is 0 Å². The number of primary amides is 1. The van der Waals surface area contributed by atoms with E-state index in [-0.39, 0.29) is 12.3 Å². The number of ether oxygens (including phenoxy) is 1. The number of aromatic nitrogens is 2. The van der Waals surface area contributed by atoms with Crippen LogP contribution in [-0.2, 0) is 4.74 Å². The average Bonchev–Trinajstić information content (AvgIpc) is 2.81. The molecule has 1 aromatic rings. The molecule has 2 rings (SSSR count). The van der Waals surface area contributed by atoms with Gasteiger partial charge in [-0.15, -0.1) is 0 Å². The van der Waals surface area contributed by atoms with E-state index in [1.165, 1.54) is 4.68 Å². The topological polar surface area (TPSA) is 111 Å². The van der Waals surface area contributed by atoms with Crippen LogP contribution in [0.5, 0.6) is 0 Å². The van der Waals surface area contributed by atoms with Crippen molar-refractivity contribution >= 4 is 28.5 Å². The normalized spacial score (nSPS) is 28.5. The molecule has 1 amide bonds. The highest BCUT2D eigenvalue weighted by Gasteiger charge is 2.35. The van der Waals surface area contributed by atoms with Gasteiger partial charge in [-0.05, 0) is 22.6 Å². The lowest BCUT2D eigenvalue weighted by molar-refractivity contribution is -0.0484. The molecule has 0 saturated carbocycles. The van der Waals surface area contributed by atoms with E-state index < -0.39 is 24.3 Å². The summed E-state index contributed by atoms with van der Waals surface area (Å²) < 4.78 is 7.47. The number of aliphatic hydroxyl groups excluding tert-OH is 2. The van der Waals surface area contributed by atoms with Crippen LogP contribution in [0.1, 0.15) is 23.1 Å². The lowest BCUT2D eigenvalue weighted by atomic mass is 10.2. The van der Waals surface area contributed by atoms with E-state index in [0.29, 0.717) is 9.99 Å². The van der Waals surface area contributed by atoms with Crippen molar-refractivity contribution in [1.29, 1.82) is 0 Å². The molecule has 0 unspecified atom stereocenters. The molecule has 1 aliphatic rings. The van der Waals surface area contributed by atoms with Crippen molar-refractivity contribution in [3.8, 4) is 0 Å². The van der Waals surface area contributed by atoms with Gasteiger partial charge in [-0.25, -0.2) is 4.68 Å². The molecule has 1 aromatic heterocycles. The number of halogens is 1. The summed E-state index contributed by atoms with van der Waals surface area (Å²) in [7, 11) is 0. The van der Waals surface area contributed by atoms with Gasteiger partial charge in [0.15, 0.2) is 11.9 Å². The molecule has 0 radical (unpaired) electrons. The summed E-state index contributed by atoms with van der Waals surface area (Å²) in [5, 5.41) is 22.6. The second-order valence-electron chi connectivity index (χ2n) is 3.78. The molecule has 4 N–H and O–H groups in total. The number of nitrogens with two attached hydrogens (primary N) is 1. The van der Waals surface area contributed by atoms with Crippen molar-refractivity contribution in [3.63, 3.8) is 0 Å². The predicted octanol–water partition coefficient (Wildman–Crippen LogP) is -0.773. The van der Waals surface area contributed by atoms with Crippen molar-refractivity contribution in [2.45, 2.75) is 24.9 Å². The van der Waals surface area contributed by atoms with Crippen LogP contribution in [0, 0.1) is 3.57 Å². The van der Waals surface area contributed by atoms with Crippen LogP contribution >= 0.6 is 22.6 Å². The molecule has 0 bridgehead atoms. The third-order valence-electron chi connectivity index (χ3n) is 2.60.